The van der Waals surface area contributed by atoms with E-state index in [-0.39, 0.29) is 6.54 Å². The average Bonchev–Trinajstić information content (AvgIpc) is 2.19. The van der Waals surface area contributed by atoms with Crippen LogP contribution in [0.15, 0.2) is 23.0 Å². The van der Waals surface area contributed by atoms with Crippen molar-refractivity contribution in [3.8, 4) is 0 Å². The van der Waals surface area contributed by atoms with Gasteiger partial charge < -0.3 is 4.57 Å². The van der Waals surface area contributed by atoms with Gasteiger partial charge in [0, 0.05) is 17.9 Å². The molecule has 90 valence electrons. The second-order valence-electron chi connectivity index (χ2n) is 3.29. The van der Waals surface area contributed by atoms with Crippen molar-refractivity contribution in [2.45, 2.75) is 25.6 Å². The van der Waals surface area contributed by atoms with Gasteiger partial charge in [0.25, 0.3) is 5.56 Å². The number of alkyl halides is 4. The van der Waals surface area contributed by atoms with Crippen LogP contribution in [0.2, 0.25) is 0 Å². The first kappa shape index (κ1) is 13.3. The maximum atomic E-state index is 12.6. The summed E-state index contributed by atoms with van der Waals surface area (Å²) in [5, 5.41) is 0.718. The molecule has 0 aliphatic heterocycles. The Hall–Kier alpha value is -0.780. The molecule has 2 nitrogen and oxygen atoms in total. The lowest BCUT2D eigenvalue weighted by atomic mass is 10.3. The van der Waals surface area contributed by atoms with Gasteiger partial charge in [-0.05, 0) is 18.9 Å². The highest BCUT2D eigenvalue weighted by molar-refractivity contribution is 9.09. The Morgan fingerprint density at radius 3 is 2.50 bits per heavy atom. The predicted molar refractivity (Wildman–Crippen MR) is 58.7 cm³/mol. The first-order valence-electron chi connectivity index (χ1n) is 4.80. The molecule has 1 aromatic heterocycles. The number of halogens is 4. The fourth-order valence-corrected chi connectivity index (χ4v) is 1.76. The van der Waals surface area contributed by atoms with Gasteiger partial charge in [-0.3, -0.25) is 4.79 Å². The summed E-state index contributed by atoms with van der Waals surface area (Å²) in [6.07, 6.45) is -3.20. The summed E-state index contributed by atoms with van der Waals surface area (Å²) in [5.41, 5.74) is -1.49. The van der Waals surface area contributed by atoms with Crippen LogP contribution in [0.5, 0.6) is 0 Å². The van der Waals surface area contributed by atoms with Crippen LogP contribution in [0.3, 0.4) is 0 Å². The minimum absolute atomic E-state index is 0.0973. The standard InChI is InChI=1S/C10H11BrF3NO/c11-6-1-2-7-15-8(10(12,13)14)4-3-5-9(15)16/h3-5H,1-2,6-7H2. The number of pyridine rings is 1. The van der Waals surface area contributed by atoms with Gasteiger partial charge in [-0.1, -0.05) is 22.0 Å². The van der Waals surface area contributed by atoms with E-state index in [1.807, 2.05) is 0 Å². The van der Waals surface area contributed by atoms with E-state index in [9.17, 15) is 18.0 Å². The topological polar surface area (TPSA) is 22.0 Å². The molecule has 1 heterocycles. The third-order valence-electron chi connectivity index (χ3n) is 2.11. The molecule has 6 heteroatoms. The average molecular weight is 298 g/mol. The first-order chi connectivity index (χ1) is 7.46. The van der Waals surface area contributed by atoms with Crippen molar-refractivity contribution in [2.75, 3.05) is 5.33 Å². The van der Waals surface area contributed by atoms with E-state index in [1.165, 1.54) is 0 Å². The van der Waals surface area contributed by atoms with Gasteiger partial charge in [0.2, 0.25) is 0 Å². The highest BCUT2D eigenvalue weighted by Crippen LogP contribution is 2.28. The summed E-state index contributed by atoms with van der Waals surface area (Å²) in [5.74, 6) is 0. The molecule has 1 aromatic rings. The Morgan fingerprint density at radius 2 is 1.94 bits per heavy atom. The summed E-state index contributed by atoms with van der Waals surface area (Å²) in [7, 11) is 0. The quantitative estimate of drug-likeness (QED) is 0.618. The maximum Gasteiger partial charge on any atom is 0.431 e. The highest BCUT2D eigenvalue weighted by atomic mass is 79.9. The highest BCUT2D eigenvalue weighted by Gasteiger charge is 2.33. The van der Waals surface area contributed by atoms with Crippen LogP contribution in [-0.4, -0.2) is 9.90 Å². The number of nitrogens with zero attached hydrogens (tertiary/aromatic N) is 1. The Kier molecular flexibility index (Phi) is 4.58. The summed E-state index contributed by atoms with van der Waals surface area (Å²) in [6.45, 7) is 0.0973. The first-order valence-corrected chi connectivity index (χ1v) is 5.92. The van der Waals surface area contributed by atoms with E-state index in [0.717, 1.165) is 34.5 Å². The lowest BCUT2D eigenvalue weighted by molar-refractivity contribution is -0.144. The molecule has 0 aliphatic carbocycles. The molecule has 0 unspecified atom stereocenters. The van der Waals surface area contributed by atoms with Crippen LogP contribution in [0.4, 0.5) is 13.2 Å². The zero-order chi connectivity index (χ0) is 12.2. The van der Waals surface area contributed by atoms with Crippen LogP contribution in [-0.2, 0) is 12.7 Å². The van der Waals surface area contributed by atoms with E-state index in [0.29, 0.717) is 6.42 Å². The van der Waals surface area contributed by atoms with Gasteiger partial charge >= 0.3 is 6.18 Å². The molecule has 0 amide bonds. The summed E-state index contributed by atoms with van der Waals surface area (Å²) in [4.78, 5) is 11.3. The second-order valence-corrected chi connectivity index (χ2v) is 4.09. The monoisotopic (exact) mass is 297 g/mol. The Labute approximate surface area is 99.2 Å². The molecule has 0 fully saturated rings. The van der Waals surface area contributed by atoms with Crippen molar-refractivity contribution < 1.29 is 13.2 Å². The summed E-state index contributed by atoms with van der Waals surface area (Å²) in [6, 6.07) is 3.20. The third kappa shape index (κ3) is 3.37. The van der Waals surface area contributed by atoms with Crippen LogP contribution in [0.1, 0.15) is 18.5 Å². The summed E-state index contributed by atoms with van der Waals surface area (Å²) < 4.78 is 38.5. The van der Waals surface area contributed by atoms with Crippen LogP contribution < -0.4 is 5.56 Å². The second kappa shape index (κ2) is 5.52. The van der Waals surface area contributed by atoms with Crippen LogP contribution in [0, 0.1) is 0 Å². The van der Waals surface area contributed by atoms with Gasteiger partial charge in [-0.25, -0.2) is 0 Å². The molecule has 0 bridgehead atoms. The van der Waals surface area contributed by atoms with Crippen molar-refractivity contribution in [3.63, 3.8) is 0 Å². The molecule has 0 saturated heterocycles. The van der Waals surface area contributed by atoms with Crippen LogP contribution in [0.25, 0.3) is 0 Å². The molecule has 0 radical (unpaired) electrons. The zero-order valence-corrected chi connectivity index (χ0v) is 10.0. The predicted octanol–water partition coefficient (Wildman–Crippen LogP) is 3.04. The molecule has 0 N–H and O–H groups in total. The van der Waals surface area contributed by atoms with Crippen molar-refractivity contribution >= 4 is 15.9 Å². The van der Waals surface area contributed by atoms with E-state index in [4.69, 9.17) is 0 Å². The van der Waals surface area contributed by atoms with Crippen molar-refractivity contribution in [1.29, 1.82) is 0 Å². The Morgan fingerprint density at radius 1 is 1.25 bits per heavy atom. The Balaban J connectivity index is 3.00. The SMILES string of the molecule is O=c1cccc(C(F)(F)F)n1CCCCBr. The van der Waals surface area contributed by atoms with E-state index in [2.05, 4.69) is 15.9 Å². The number of hydrogen-bond acceptors (Lipinski definition) is 1. The van der Waals surface area contributed by atoms with Gasteiger partial charge in [0.15, 0.2) is 0 Å². The molecule has 0 atom stereocenters. The third-order valence-corrected chi connectivity index (χ3v) is 2.67. The van der Waals surface area contributed by atoms with Crippen molar-refractivity contribution in [2.24, 2.45) is 0 Å². The minimum atomic E-state index is -4.48. The number of hydrogen-bond donors (Lipinski definition) is 0. The molecular weight excluding hydrogens is 287 g/mol. The number of unbranched alkanes of at least 4 members (excludes halogenated alkanes) is 1. The molecule has 16 heavy (non-hydrogen) atoms. The lowest BCUT2D eigenvalue weighted by Gasteiger charge is -2.14. The van der Waals surface area contributed by atoms with E-state index in [1.54, 1.807) is 0 Å². The Bertz CT molecular complexity index is 400. The zero-order valence-electron chi connectivity index (χ0n) is 8.43. The fourth-order valence-electron chi connectivity index (χ4n) is 1.36. The largest absolute Gasteiger partial charge is 0.431 e. The fraction of sp³-hybridized carbons (Fsp3) is 0.500. The smallest absolute Gasteiger partial charge is 0.304 e. The number of rotatable bonds is 4. The minimum Gasteiger partial charge on any atom is -0.304 e. The maximum absolute atomic E-state index is 12.6. The molecule has 0 aliphatic rings. The van der Waals surface area contributed by atoms with Gasteiger partial charge in [0.1, 0.15) is 5.69 Å². The van der Waals surface area contributed by atoms with Crippen LogP contribution >= 0.6 is 15.9 Å². The normalized spacial score (nSPS) is 11.8. The van der Waals surface area contributed by atoms with Gasteiger partial charge in [-0.15, -0.1) is 0 Å². The van der Waals surface area contributed by atoms with E-state index < -0.39 is 17.4 Å². The van der Waals surface area contributed by atoms with E-state index >= 15 is 0 Å². The van der Waals surface area contributed by atoms with Crippen molar-refractivity contribution in [1.82, 2.24) is 4.57 Å². The molecule has 0 aromatic carbocycles. The van der Waals surface area contributed by atoms with Gasteiger partial charge in [0.05, 0.1) is 0 Å². The molecule has 0 saturated carbocycles. The molecular formula is C10H11BrF3NO. The number of aromatic nitrogens is 1. The molecule has 0 spiro atoms. The van der Waals surface area contributed by atoms with Gasteiger partial charge in [-0.2, -0.15) is 13.2 Å². The lowest BCUT2D eigenvalue weighted by Crippen LogP contribution is -2.27. The molecule has 1 rings (SSSR count). The summed E-state index contributed by atoms with van der Waals surface area (Å²) >= 11 is 3.19. The van der Waals surface area contributed by atoms with Crippen molar-refractivity contribution in [3.05, 3.63) is 34.2 Å².